The van der Waals surface area contributed by atoms with Crippen LogP contribution in [0.1, 0.15) is 18.4 Å². The maximum absolute atomic E-state index is 12.3. The van der Waals surface area contributed by atoms with Crippen molar-refractivity contribution in [3.05, 3.63) is 34.7 Å². The highest BCUT2D eigenvalue weighted by Gasteiger charge is 2.25. The van der Waals surface area contributed by atoms with E-state index in [0.717, 1.165) is 34.9 Å². The summed E-state index contributed by atoms with van der Waals surface area (Å²) in [6, 6.07) is 7.74. The lowest BCUT2D eigenvalue weighted by molar-refractivity contribution is -0.118. The van der Waals surface area contributed by atoms with Crippen LogP contribution in [0.5, 0.6) is 0 Å². The van der Waals surface area contributed by atoms with Crippen LogP contribution in [-0.4, -0.2) is 46.6 Å². The first-order valence-corrected chi connectivity index (χ1v) is 9.12. The second-order valence-corrected chi connectivity index (χ2v) is 7.51. The van der Waals surface area contributed by atoms with Gasteiger partial charge in [-0.1, -0.05) is 19.1 Å². The molecule has 5 nitrogen and oxygen atoms in total. The van der Waals surface area contributed by atoms with Crippen LogP contribution in [0.15, 0.2) is 29.6 Å². The Balaban J connectivity index is 1.60. The van der Waals surface area contributed by atoms with Crippen molar-refractivity contribution in [1.29, 1.82) is 0 Å². The van der Waals surface area contributed by atoms with Crippen LogP contribution >= 0.6 is 11.3 Å². The summed E-state index contributed by atoms with van der Waals surface area (Å²) in [6.45, 7) is 5.75. The Morgan fingerprint density at radius 1 is 1.50 bits per heavy atom. The number of β-amino-alcohol motifs (C(OH)–C–C–N with tert-alkyl or cyclic N) is 1. The monoisotopic (exact) mass is 345 g/mol. The van der Waals surface area contributed by atoms with E-state index in [1.54, 1.807) is 11.3 Å². The number of amides is 1. The van der Waals surface area contributed by atoms with Gasteiger partial charge in [0.1, 0.15) is 0 Å². The molecular weight excluding hydrogens is 322 g/mol. The lowest BCUT2D eigenvalue weighted by Crippen LogP contribution is -2.45. The first kappa shape index (κ1) is 17.1. The Morgan fingerprint density at radius 2 is 2.33 bits per heavy atom. The third kappa shape index (κ3) is 4.20. The van der Waals surface area contributed by atoms with Crippen molar-refractivity contribution in [3.63, 3.8) is 0 Å². The number of aromatic nitrogens is 1. The largest absolute Gasteiger partial charge is 0.392 e. The fraction of sp³-hybridized carbons (Fsp3) is 0.444. The number of nitrogens with one attached hydrogen (secondary N) is 1. The summed E-state index contributed by atoms with van der Waals surface area (Å²) < 4.78 is 0. The molecule has 1 aromatic heterocycles. The number of carbonyl (C=O) groups excluding carboxylic acids is 1. The number of hydrogen-bond acceptors (Lipinski definition) is 5. The molecule has 24 heavy (non-hydrogen) atoms. The summed E-state index contributed by atoms with van der Waals surface area (Å²) >= 11 is 1.61. The van der Waals surface area contributed by atoms with Gasteiger partial charge in [0.2, 0.25) is 5.91 Å². The highest BCUT2D eigenvalue weighted by Crippen LogP contribution is 2.24. The normalized spacial score (nSPS) is 21.6. The highest BCUT2D eigenvalue weighted by atomic mass is 32.1. The van der Waals surface area contributed by atoms with Crippen LogP contribution in [0.3, 0.4) is 0 Å². The summed E-state index contributed by atoms with van der Waals surface area (Å²) in [7, 11) is 0. The van der Waals surface area contributed by atoms with Crippen molar-refractivity contribution in [2.75, 3.05) is 25.0 Å². The number of aryl methyl sites for hydroxylation is 1. The zero-order valence-electron chi connectivity index (χ0n) is 14.0. The molecule has 3 rings (SSSR count). The Labute approximate surface area is 146 Å². The lowest BCUT2D eigenvalue weighted by atomic mass is 9.96. The fourth-order valence-electron chi connectivity index (χ4n) is 2.91. The van der Waals surface area contributed by atoms with E-state index in [9.17, 15) is 9.90 Å². The van der Waals surface area contributed by atoms with Crippen LogP contribution in [0.25, 0.3) is 11.3 Å². The van der Waals surface area contributed by atoms with Crippen LogP contribution < -0.4 is 5.32 Å². The van der Waals surface area contributed by atoms with Gasteiger partial charge in [0.05, 0.1) is 23.4 Å². The van der Waals surface area contributed by atoms with E-state index < -0.39 is 0 Å². The van der Waals surface area contributed by atoms with Crippen LogP contribution in [0.4, 0.5) is 5.69 Å². The van der Waals surface area contributed by atoms with Gasteiger partial charge in [-0.15, -0.1) is 11.3 Å². The fourth-order valence-corrected chi connectivity index (χ4v) is 3.54. The molecule has 1 fully saturated rings. The van der Waals surface area contributed by atoms with Crippen LogP contribution in [0, 0.1) is 12.8 Å². The zero-order valence-corrected chi connectivity index (χ0v) is 14.8. The molecule has 2 unspecified atom stereocenters. The molecule has 128 valence electrons. The van der Waals surface area contributed by atoms with Crippen molar-refractivity contribution >= 4 is 22.9 Å². The average Bonchev–Trinajstić information content (AvgIpc) is 2.98. The van der Waals surface area contributed by atoms with E-state index in [1.165, 1.54) is 0 Å². The zero-order chi connectivity index (χ0) is 17.1. The predicted molar refractivity (Wildman–Crippen MR) is 97.1 cm³/mol. The standard InChI is InChI=1S/C18H23N3O2S/c1-12-6-7-21(9-17(12)22)10-18(23)20-15-5-3-4-14(8-15)16-11-24-13(2)19-16/h3-5,8,11-12,17,22H,6-7,9-10H2,1-2H3,(H,20,23). The van der Waals surface area contributed by atoms with E-state index in [-0.39, 0.29) is 12.0 Å². The minimum Gasteiger partial charge on any atom is -0.392 e. The topological polar surface area (TPSA) is 65.5 Å². The molecule has 0 radical (unpaired) electrons. The molecule has 1 aliphatic heterocycles. The van der Waals surface area contributed by atoms with Gasteiger partial charge in [-0.3, -0.25) is 9.69 Å². The smallest absolute Gasteiger partial charge is 0.238 e. The third-order valence-electron chi connectivity index (χ3n) is 4.43. The quantitative estimate of drug-likeness (QED) is 0.894. The number of piperidine rings is 1. The Morgan fingerprint density at radius 3 is 3.04 bits per heavy atom. The number of aliphatic hydroxyl groups excluding tert-OH is 1. The molecule has 6 heteroatoms. The van der Waals surface area contributed by atoms with Crippen molar-refractivity contribution in [2.24, 2.45) is 5.92 Å². The van der Waals surface area contributed by atoms with Gasteiger partial charge >= 0.3 is 0 Å². The second-order valence-electron chi connectivity index (χ2n) is 6.45. The van der Waals surface area contributed by atoms with Crippen LogP contribution in [0.2, 0.25) is 0 Å². The summed E-state index contributed by atoms with van der Waals surface area (Å²) in [6.07, 6.45) is 0.579. The van der Waals surface area contributed by atoms with Crippen molar-refractivity contribution < 1.29 is 9.90 Å². The SMILES string of the molecule is Cc1nc(-c2cccc(NC(=O)CN3CCC(C)C(O)C3)c2)cs1. The van der Waals surface area contributed by atoms with Crippen molar-refractivity contribution in [2.45, 2.75) is 26.4 Å². The average molecular weight is 345 g/mol. The van der Waals surface area contributed by atoms with Gasteiger partial charge in [0, 0.05) is 23.2 Å². The van der Waals surface area contributed by atoms with Gasteiger partial charge in [-0.05, 0) is 37.9 Å². The van der Waals surface area contributed by atoms with Gasteiger partial charge in [-0.2, -0.15) is 0 Å². The number of nitrogens with zero attached hydrogens (tertiary/aromatic N) is 2. The van der Waals surface area contributed by atoms with Crippen LogP contribution in [-0.2, 0) is 4.79 Å². The molecule has 2 atom stereocenters. The summed E-state index contributed by atoms with van der Waals surface area (Å²) in [5.41, 5.74) is 2.70. The summed E-state index contributed by atoms with van der Waals surface area (Å²) in [4.78, 5) is 18.8. The molecule has 2 aromatic rings. The maximum Gasteiger partial charge on any atom is 0.238 e. The second kappa shape index (κ2) is 7.42. The minimum absolute atomic E-state index is 0.0524. The molecule has 1 aliphatic rings. The molecule has 0 saturated carbocycles. The first-order chi connectivity index (χ1) is 11.5. The van der Waals surface area contributed by atoms with Gasteiger partial charge in [-0.25, -0.2) is 4.98 Å². The minimum atomic E-state index is -0.345. The predicted octanol–water partition coefficient (Wildman–Crippen LogP) is 2.76. The number of hydrogen-bond donors (Lipinski definition) is 2. The molecule has 1 saturated heterocycles. The van der Waals surface area contributed by atoms with Gasteiger partial charge in [0.15, 0.2) is 0 Å². The van der Waals surface area contributed by atoms with Crippen molar-refractivity contribution in [1.82, 2.24) is 9.88 Å². The van der Waals surface area contributed by atoms with Crippen molar-refractivity contribution in [3.8, 4) is 11.3 Å². The number of likely N-dealkylation sites (tertiary alicyclic amines) is 1. The summed E-state index contributed by atoms with van der Waals surface area (Å²) in [5, 5.41) is 15.9. The molecule has 1 amide bonds. The maximum atomic E-state index is 12.3. The van der Waals surface area contributed by atoms with E-state index in [4.69, 9.17) is 0 Å². The Kier molecular flexibility index (Phi) is 5.28. The number of carbonyl (C=O) groups is 1. The number of benzene rings is 1. The Hall–Kier alpha value is -1.76. The molecular formula is C18H23N3O2S. The number of aliphatic hydroxyl groups is 1. The molecule has 0 bridgehead atoms. The third-order valence-corrected chi connectivity index (χ3v) is 5.20. The number of anilines is 1. The van der Waals surface area contributed by atoms with E-state index in [2.05, 4.69) is 10.3 Å². The van der Waals surface area contributed by atoms with E-state index in [0.29, 0.717) is 19.0 Å². The molecule has 0 aliphatic carbocycles. The lowest BCUT2D eigenvalue weighted by Gasteiger charge is -2.33. The van der Waals surface area contributed by atoms with Gasteiger partial charge in [0.25, 0.3) is 0 Å². The Bertz CT molecular complexity index is 716. The summed E-state index contributed by atoms with van der Waals surface area (Å²) in [5.74, 6) is 0.255. The van der Waals surface area contributed by atoms with Gasteiger partial charge < -0.3 is 10.4 Å². The first-order valence-electron chi connectivity index (χ1n) is 8.24. The number of rotatable bonds is 4. The molecule has 2 N–H and O–H groups in total. The highest BCUT2D eigenvalue weighted by molar-refractivity contribution is 7.09. The van der Waals surface area contributed by atoms with E-state index in [1.807, 2.05) is 48.4 Å². The van der Waals surface area contributed by atoms with E-state index >= 15 is 0 Å². The number of thiazole rings is 1. The molecule has 2 heterocycles. The molecule has 1 aromatic carbocycles. The molecule has 0 spiro atoms.